The van der Waals surface area contributed by atoms with Crippen molar-refractivity contribution in [2.75, 3.05) is 7.11 Å². The fraction of sp³-hybridized carbons (Fsp3) is 0.238. The second-order valence-corrected chi connectivity index (χ2v) is 7.22. The Morgan fingerprint density at radius 2 is 2.04 bits per heavy atom. The summed E-state index contributed by atoms with van der Waals surface area (Å²) in [6.07, 6.45) is 2.50. The predicted octanol–water partition coefficient (Wildman–Crippen LogP) is 2.57. The minimum Gasteiger partial charge on any atom is -0.507 e. The second kappa shape index (κ2) is 4.47. The van der Waals surface area contributed by atoms with Crippen LogP contribution in [0.5, 0.6) is 11.5 Å². The van der Waals surface area contributed by atoms with Gasteiger partial charge in [0, 0.05) is 35.8 Å². The smallest absolute Gasteiger partial charge is 0.260 e. The molecule has 1 unspecified atom stereocenters. The Hall–Kier alpha value is -2.96. The first-order chi connectivity index (χ1) is 13.0. The molecule has 6 nitrogen and oxygen atoms in total. The van der Waals surface area contributed by atoms with Gasteiger partial charge in [0.15, 0.2) is 17.2 Å². The molecule has 2 aliphatic heterocycles. The molecule has 2 heterocycles. The first-order valence-electron chi connectivity index (χ1n) is 8.71. The standard InChI is InChI=1S/C21H14O6/c1-25-16-9-14(24)10-3-2-4-15-18(10)21(16)11-5-6-12(22)17-13(23)7-8-20(26-15,27-21)19(11)17/h2-8,16,22H,9H2,1H3/t16?,20-,21-/m1/s1. The quantitative estimate of drug-likeness (QED) is 0.840. The fourth-order valence-corrected chi connectivity index (χ4v) is 5.00. The summed E-state index contributed by atoms with van der Waals surface area (Å²) < 4.78 is 18.5. The normalized spacial score (nSPS) is 31.4. The Morgan fingerprint density at radius 1 is 1.19 bits per heavy atom. The van der Waals surface area contributed by atoms with Crippen LogP contribution in [0.2, 0.25) is 0 Å². The van der Waals surface area contributed by atoms with Crippen LogP contribution in [0.4, 0.5) is 0 Å². The average molecular weight is 362 g/mol. The Morgan fingerprint density at radius 3 is 2.85 bits per heavy atom. The van der Waals surface area contributed by atoms with Crippen molar-refractivity contribution >= 4 is 11.6 Å². The van der Waals surface area contributed by atoms with Crippen LogP contribution in [0.3, 0.4) is 0 Å². The number of phenols is 1. The molecule has 0 amide bonds. The number of allylic oxidation sites excluding steroid dienone is 1. The number of hydrogen-bond donors (Lipinski definition) is 1. The number of ketones is 2. The van der Waals surface area contributed by atoms with Crippen molar-refractivity contribution in [3.05, 3.63) is 70.3 Å². The maximum atomic E-state index is 12.7. The minimum absolute atomic E-state index is 0.0435. The van der Waals surface area contributed by atoms with Crippen LogP contribution in [0, 0.1) is 0 Å². The number of phenolic OH excluding ortho intramolecular Hbond substituents is 1. The van der Waals surface area contributed by atoms with E-state index in [9.17, 15) is 14.7 Å². The van der Waals surface area contributed by atoms with Crippen molar-refractivity contribution in [1.29, 1.82) is 0 Å². The van der Waals surface area contributed by atoms with Gasteiger partial charge in [-0.15, -0.1) is 0 Å². The van der Waals surface area contributed by atoms with E-state index in [1.54, 1.807) is 37.5 Å². The number of methoxy groups -OCH3 is 1. The van der Waals surface area contributed by atoms with Crippen LogP contribution in [-0.4, -0.2) is 29.9 Å². The van der Waals surface area contributed by atoms with E-state index in [1.807, 2.05) is 0 Å². The van der Waals surface area contributed by atoms with E-state index in [0.717, 1.165) is 0 Å². The highest BCUT2D eigenvalue weighted by Gasteiger charge is 2.67. The van der Waals surface area contributed by atoms with E-state index < -0.39 is 17.5 Å². The number of carbonyl (C=O) groups excluding carboxylic acids is 2. The van der Waals surface area contributed by atoms with Gasteiger partial charge in [0.25, 0.3) is 5.79 Å². The molecule has 4 aliphatic rings. The molecule has 134 valence electrons. The summed E-state index contributed by atoms with van der Waals surface area (Å²) in [4.78, 5) is 25.2. The van der Waals surface area contributed by atoms with Gasteiger partial charge in [-0.2, -0.15) is 0 Å². The van der Waals surface area contributed by atoms with E-state index >= 15 is 0 Å². The summed E-state index contributed by atoms with van der Waals surface area (Å²) in [7, 11) is 1.54. The second-order valence-electron chi connectivity index (χ2n) is 7.22. The fourth-order valence-electron chi connectivity index (χ4n) is 5.00. The van der Waals surface area contributed by atoms with Crippen LogP contribution in [0.25, 0.3) is 0 Å². The first kappa shape index (κ1) is 15.1. The van der Waals surface area contributed by atoms with Gasteiger partial charge in [0.05, 0.1) is 5.56 Å². The molecular formula is C21H14O6. The molecular weight excluding hydrogens is 348 g/mol. The summed E-state index contributed by atoms with van der Waals surface area (Å²) in [5.41, 5.74) is 1.44. The summed E-state index contributed by atoms with van der Waals surface area (Å²) in [5, 5.41) is 10.4. The molecule has 6 heteroatoms. The van der Waals surface area contributed by atoms with Crippen molar-refractivity contribution in [3.63, 3.8) is 0 Å². The zero-order chi connectivity index (χ0) is 18.6. The summed E-state index contributed by atoms with van der Waals surface area (Å²) in [6, 6.07) is 8.55. The number of aromatic hydroxyl groups is 1. The molecule has 0 aromatic heterocycles. The van der Waals surface area contributed by atoms with Gasteiger partial charge in [-0.3, -0.25) is 9.59 Å². The zero-order valence-electron chi connectivity index (χ0n) is 14.3. The number of hydrogen-bond acceptors (Lipinski definition) is 6. The number of ether oxygens (including phenoxy) is 3. The van der Waals surface area contributed by atoms with Crippen LogP contribution in [0.15, 0.2) is 42.5 Å². The summed E-state index contributed by atoms with van der Waals surface area (Å²) >= 11 is 0. The van der Waals surface area contributed by atoms with E-state index in [2.05, 4.69) is 0 Å². The Bertz CT molecular complexity index is 1120. The third-order valence-corrected chi connectivity index (χ3v) is 6.01. The van der Waals surface area contributed by atoms with Crippen molar-refractivity contribution in [2.45, 2.75) is 23.9 Å². The van der Waals surface area contributed by atoms with Crippen LogP contribution < -0.4 is 4.74 Å². The maximum absolute atomic E-state index is 12.7. The lowest BCUT2D eigenvalue weighted by Crippen LogP contribution is -2.52. The van der Waals surface area contributed by atoms with Crippen molar-refractivity contribution in [3.8, 4) is 11.5 Å². The average Bonchev–Trinajstić information content (AvgIpc) is 2.89. The molecule has 0 saturated heterocycles. The van der Waals surface area contributed by atoms with Crippen LogP contribution >= 0.6 is 0 Å². The lowest BCUT2D eigenvalue weighted by Gasteiger charge is -2.47. The largest absolute Gasteiger partial charge is 0.507 e. The van der Waals surface area contributed by atoms with Crippen molar-refractivity contribution < 1.29 is 28.9 Å². The lowest BCUT2D eigenvalue weighted by atomic mass is 9.71. The van der Waals surface area contributed by atoms with Crippen LogP contribution in [0.1, 0.15) is 43.8 Å². The van der Waals surface area contributed by atoms with Gasteiger partial charge < -0.3 is 19.3 Å². The van der Waals surface area contributed by atoms with Gasteiger partial charge in [0.2, 0.25) is 0 Å². The first-order valence-corrected chi connectivity index (χ1v) is 8.71. The molecule has 0 radical (unpaired) electrons. The lowest BCUT2D eigenvalue weighted by molar-refractivity contribution is -0.249. The molecule has 2 aromatic rings. The van der Waals surface area contributed by atoms with E-state index in [-0.39, 0.29) is 29.3 Å². The highest BCUT2D eigenvalue weighted by atomic mass is 16.7. The Labute approximate surface area is 154 Å². The van der Waals surface area contributed by atoms with Gasteiger partial charge in [0.1, 0.15) is 17.6 Å². The summed E-state index contributed by atoms with van der Waals surface area (Å²) in [6.45, 7) is 0. The molecule has 2 bridgehead atoms. The summed E-state index contributed by atoms with van der Waals surface area (Å²) in [5.74, 6) is -1.28. The Kier molecular flexibility index (Phi) is 2.51. The van der Waals surface area contributed by atoms with Gasteiger partial charge in [-0.05, 0) is 24.3 Å². The molecule has 27 heavy (non-hydrogen) atoms. The topological polar surface area (TPSA) is 82.1 Å². The SMILES string of the molecule is COC1CC(=O)c2cccc3c2[C@]12O[C@@]1(C=CC(=O)c4c(O)ccc2c41)O3. The minimum atomic E-state index is -1.33. The monoisotopic (exact) mass is 362 g/mol. The molecule has 6 rings (SSSR count). The van der Waals surface area contributed by atoms with Gasteiger partial charge >= 0.3 is 0 Å². The molecule has 0 saturated carbocycles. The molecule has 3 atom stereocenters. The third kappa shape index (κ3) is 1.48. The number of rotatable bonds is 1. The van der Waals surface area contributed by atoms with E-state index in [1.165, 1.54) is 12.1 Å². The predicted molar refractivity (Wildman–Crippen MR) is 91.9 cm³/mol. The Balaban J connectivity index is 1.81. The molecule has 1 N–H and O–H groups in total. The highest BCUT2D eigenvalue weighted by molar-refractivity contribution is 6.10. The van der Waals surface area contributed by atoms with Crippen molar-refractivity contribution in [2.24, 2.45) is 0 Å². The molecule has 2 aliphatic carbocycles. The number of Topliss-reactive ketones (excluding diaryl/α,β-unsaturated/α-hetero) is 1. The van der Waals surface area contributed by atoms with E-state index in [0.29, 0.717) is 28.0 Å². The molecule has 2 aromatic carbocycles. The third-order valence-electron chi connectivity index (χ3n) is 6.01. The highest BCUT2D eigenvalue weighted by Crippen LogP contribution is 2.64. The maximum Gasteiger partial charge on any atom is 0.260 e. The number of benzene rings is 2. The van der Waals surface area contributed by atoms with Gasteiger partial charge in [-0.1, -0.05) is 18.2 Å². The van der Waals surface area contributed by atoms with Gasteiger partial charge in [-0.25, -0.2) is 0 Å². The van der Waals surface area contributed by atoms with Crippen LogP contribution in [-0.2, 0) is 20.9 Å². The van der Waals surface area contributed by atoms with Crippen molar-refractivity contribution in [1.82, 2.24) is 0 Å². The zero-order valence-corrected chi connectivity index (χ0v) is 14.3. The number of carbonyl (C=O) groups is 2. The molecule has 0 fully saturated rings. The van der Waals surface area contributed by atoms with E-state index in [4.69, 9.17) is 14.2 Å². The molecule has 2 spiro atoms.